The lowest BCUT2D eigenvalue weighted by Gasteiger charge is -2.07. The molecule has 4 nitrogen and oxygen atoms in total. The number of hydrogen-bond acceptors (Lipinski definition) is 4. The third kappa shape index (κ3) is 2.13. The molecule has 0 aliphatic rings. The molecule has 0 aliphatic heterocycles. The largest absolute Gasteiger partial charge is 0.496 e. The van der Waals surface area contributed by atoms with E-state index in [4.69, 9.17) is 9.39 Å². The second-order valence-corrected chi connectivity index (χ2v) is 2.71. The van der Waals surface area contributed by atoms with E-state index in [0.29, 0.717) is 23.1 Å². The quantitative estimate of drug-likeness (QED) is 0.534. The fraction of sp³-hybridized carbons (Fsp3) is 0.222. The van der Waals surface area contributed by atoms with E-state index < -0.39 is 7.12 Å². The zero-order valence-corrected chi connectivity index (χ0v) is 8.06. The van der Waals surface area contributed by atoms with Gasteiger partial charge < -0.3 is 14.4 Å². The molecule has 0 saturated heterocycles. The highest BCUT2D eigenvalue weighted by Gasteiger charge is 2.16. The van der Waals surface area contributed by atoms with Crippen LogP contribution in [-0.4, -0.2) is 32.6 Å². The monoisotopic (exact) mass is 194 g/mol. The van der Waals surface area contributed by atoms with Crippen molar-refractivity contribution in [1.29, 1.82) is 0 Å². The highest BCUT2D eigenvalue weighted by molar-refractivity contribution is 6.60. The van der Waals surface area contributed by atoms with Crippen LogP contribution in [-0.2, 0) is 4.65 Å². The number of rotatable bonds is 4. The Bertz CT molecular complexity index is 327. The Hall–Kier alpha value is -1.33. The van der Waals surface area contributed by atoms with Gasteiger partial charge in [0.25, 0.3) is 0 Å². The fourth-order valence-corrected chi connectivity index (χ4v) is 1.13. The minimum atomic E-state index is -1.01. The maximum atomic E-state index is 10.6. The van der Waals surface area contributed by atoms with Crippen molar-refractivity contribution in [1.82, 2.24) is 0 Å². The number of hydrogen-bond donors (Lipinski definition) is 1. The Morgan fingerprint density at radius 3 is 2.64 bits per heavy atom. The lowest BCUT2D eigenvalue weighted by molar-refractivity contribution is 0.112. The van der Waals surface area contributed by atoms with E-state index in [0.717, 1.165) is 0 Å². The van der Waals surface area contributed by atoms with Gasteiger partial charge in [-0.15, -0.1) is 0 Å². The van der Waals surface area contributed by atoms with Gasteiger partial charge in [-0.25, -0.2) is 0 Å². The second kappa shape index (κ2) is 4.78. The van der Waals surface area contributed by atoms with Gasteiger partial charge in [0, 0.05) is 7.11 Å². The van der Waals surface area contributed by atoms with Crippen molar-refractivity contribution in [3.63, 3.8) is 0 Å². The molecule has 0 unspecified atom stereocenters. The zero-order valence-electron chi connectivity index (χ0n) is 8.06. The molecule has 0 atom stereocenters. The number of ether oxygens (including phenoxy) is 1. The fourth-order valence-electron chi connectivity index (χ4n) is 1.13. The van der Waals surface area contributed by atoms with Crippen LogP contribution < -0.4 is 10.2 Å². The first-order chi connectivity index (χ1) is 6.72. The average Bonchev–Trinajstić information content (AvgIpc) is 2.26. The Morgan fingerprint density at radius 2 is 2.14 bits per heavy atom. The topological polar surface area (TPSA) is 55.8 Å². The number of carbonyl (C=O) groups is 1. The number of benzene rings is 1. The van der Waals surface area contributed by atoms with Gasteiger partial charge in [-0.3, -0.25) is 4.79 Å². The van der Waals surface area contributed by atoms with Gasteiger partial charge in [-0.2, -0.15) is 0 Å². The molecule has 0 amide bonds. The van der Waals surface area contributed by atoms with E-state index in [-0.39, 0.29) is 0 Å². The van der Waals surface area contributed by atoms with Gasteiger partial charge in [-0.05, 0) is 17.6 Å². The predicted molar refractivity (Wildman–Crippen MR) is 53.0 cm³/mol. The molecule has 0 aromatic heterocycles. The van der Waals surface area contributed by atoms with Crippen LogP contribution in [0.2, 0.25) is 0 Å². The second-order valence-electron chi connectivity index (χ2n) is 2.71. The molecular formula is C9H11BO4. The first-order valence-corrected chi connectivity index (χ1v) is 4.07. The first kappa shape index (κ1) is 10.8. The summed E-state index contributed by atoms with van der Waals surface area (Å²) in [5.41, 5.74) is 0.913. The third-order valence-corrected chi connectivity index (χ3v) is 1.89. The first-order valence-electron chi connectivity index (χ1n) is 4.07. The molecule has 0 saturated carbocycles. The Balaban J connectivity index is 3.07. The van der Waals surface area contributed by atoms with Crippen LogP contribution >= 0.6 is 0 Å². The standard InChI is InChI=1S/C9H11BO4/c1-13-9-4-3-8(10(12)14-2)5-7(9)6-11/h3-6,12H,1-2H3. The van der Waals surface area contributed by atoms with E-state index in [1.165, 1.54) is 20.3 Å². The van der Waals surface area contributed by atoms with Crippen LogP contribution in [0.4, 0.5) is 0 Å². The summed E-state index contributed by atoms with van der Waals surface area (Å²) in [7, 11) is 1.85. The van der Waals surface area contributed by atoms with E-state index in [2.05, 4.69) is 0 Å². The van der Waals surface area contributed by atoms with Crippen molar-refractivity contribution in [2.24, 2.45) is 0 Å². The summed E-state index contributed by atoms with van der Waals surface area (Å²) < 4.78 is 9.66. The highest BCUT2D eigenvalue weighted by Crippen LogP contribution is 2.13. The van der Waals surface area contributed by atoms with Crippen molar-refractivity contribution in [2.45, 2.75) is 0 Å². The number of methoxy groups -OCH3 is 1. The Kier molecular flexibility index (Phi) is 3.68. The molecule has 1 rings (SSSR count). The molecule has 1 aromatic carbocycles. The van der Waals surface area contributed by atoms with Crippen molar-refractivity contribution in [2.75, 3.05) is 14.2 Å². The molecule has 14 heavy (non-hydrogen) atoms. The van der Waals surface area contributed by atoms with E-state index in [9.17, 15) is 9.82 Å². The molecule has 1 N–H and O–H groups in total. The van der Waals surface area contributed by atoms with Crippen molar-refractivity contribution in [3.05, 3.63) is 23.8 Å². The van der Waals surface area contributed by atoms with Gasteiger partial charge >= 0.3 is 7.12 Å². The minimum absolute atomic E-state index is 0.390. The maximum Gasteiger partial charge on any atom is 0.490 e. The van der Waals surface area contributed by atoms with E-state index in [1.54, 1.807) is 12.1 Å². The molecule has 0 fully saturated rings. The normalized spacial score (nSPS) is 9.64. The summed E-state index contributed by atoms with van der Waals surface area (Å²) in [4.78, 5) is 10.6. The maximum absolute atomic E-state index is 10.6. The summed E-state index contributed by atoms with van der Waals surface area (Å²) in [5, 5.41) is 9.33. The van der Waals surface area contributed by atoms with Crippen LogP contribution in [0.5, 0.6) is 5.75 Å². The minimum Gasteiger partial charge on any atom is -0.496 e. The predicted octanol–water partition coefficient (Wildman–Crippen LogP) is -0.158. The molecule has 5 heteroatoms. The SMILES string of the molecule is COB(O)c1ccc(OC)c(C=O)c1. The van der Waals surface area contributed by atoms with Gasteiger partial charge in [0.15, 0.2) is 6.29 Å². The molecule has 0 aliphatic carbocycles. The molecule has 1 aromatic rings. The van der Waals surface area contributed by atoms with Gasteiger partial charge in [0.2, 0.25) is 0 Å². The smallest absolute Gasteiger partial charge is 0.490 e. The molecule has 0 bridgehead atoms. The Morgan fingerprint density at radius 1 is 1.43 bits per heavy atom. The van der Waals surface area contributed by atoms with Crippen molar-refractivity contribution < 1.29 is 19.2 Å². The molecular weight excluding hydrogens is 183 g/mol. The molecule has 0 radical (unpaired) electrons. The number of aldehydes is 1. The van der Waals surface area contributed by atoms with Gasteiger partial charge in [0.05, 0.1) is 12.7 Å². The van der Waals surface area contributed by atoms with Crippen molar-refractivity contribution in [3.8, 4) is 5.75 Å². The molecule has 74 valence electrons. The summed E-state index contributed by atoms with van der Waals surface area (Å²) in [6, 6.07) is 4.78. The summed E-state index contributed by atoms with van der Waals surface area (Å²) in [6.07, 6.45) is 0.671. The summed E-state index contributed by atoms with van der Waals surface area (Å²) >= 11 is 0. The Labute approximate surface area is 82.6 Å². The summed E-state index contributed by atoms with van der Waals surface area (Å²) in [6.45, 7) is 0. The number of carbonyl (C=O) groups excluding carboxylic acids is 1. The summed E-state index contributed by atoms with van der Waals surface area (Å²) in [5.74, 6) is 0.479. The highest BCUT2D eigenvalue weighted by atomic mass is 16.5. The van der Waals surface area contributed by atoms with E-state index >= 15 is 0 Å². The van der Waals surface area contributed by atoms with Crippen LogP contribution in [0.3, 0.4) is 0 Å². The molecule has 0 heterocycles. The van der Waals surface area contributed by atoms with Crippen molar-refractivity contribution >= 4 is 18.9 Å². The lowest BCUT2D eigenvalue weighted by Crippen LogP contribution is -2.32. The zero-order chi connectivity index (χ0) is 10.6. The lowest BCUT2D eigenvalue weighted by atomic mass is 9.79. The third-order valence-electron chi connectivity index (χ3n) is 1.89. The van der Waals surface area contributed by atoms with Crippen LogP contribution in [0.1, 0.15) is 10.4 Å². The average molecular weight is 194 g/mol. The van der Waals surface area contributed by atoms with Crippen LogP contribution in [0.15, 0.2) is 18.2 Å². The van der Waals surface area contributed by atoms with Crippen LogP contribution in [0.25, 0.3) is 0 Å². The van der Waals surface area contributed by atoms with Gasteiger partial charge in [0.1, 0.15) is 5.75 Å². The molecule has 0 spiro atoms. The van der Waals surface area contributed by atoms with E-state index in [1.807, 2.05) is 0 Å². The van der Waals surface area contributed by atoms with Crippen LogP contribution in [0, 0.1) is 0 Å². The van der Waals surface area contributed by atoms with Gasteiger partial charge in [-0.1, -0.05) is 6.07 Å².